The van der Waals surface area contributed by atoms with Gasteiger partial charge in [0.1, 0.15) is 117 Å². The van der Waals surface area contributed by atoms with E-state index in [1.165, 1.54) is 21.8 Å². The Labute approximate surface area is 671 Å². The first-order valence-electron chi connectivity index (χ1n) is 32.6. The van der Waals surface area contributed by atoms with Gasteiger partial charge >= 0.3 is 21.2 Å². The van der Waals surface area contributed by atoms with E-state index in [0.717, 1.165) is 11.5 Å². The van der Waals surface area contributed by atoms with Gasteiger partial charge in [0.2, 0.25) is 0 Å². The van der Waals surface area contributed by atoms with Gasteiger partial charge in [-0.15, -0.1) is 43.7 Å². The van der Waals surface area contributed by atoms with E-state index in [-0.39, 0.29) is 32.1 Å². The number of benzene rings is 13. The second kappa shape index (κ2) is 35.1. The van der Waals surface area contributed by atoms with Crippen molar-refractivity contribution in [1.29, 1.82) is 0 Å². The average Bonchev–Trinajstić information content (AvgIpc) is 0.684. The van der Waals surface area contributed by atoms with E-state index in [1.54, 1.807) is 0 Å². The second-order valence-corrected chi connectivity index (χ2v) is 30.0. The van der Waals surface area contributed by atoms with Crippen LogP contribution in [0.1, 0.15) is 0 Å². The molecule has 13 rings (SSSR count). The first kappa shape index (κ1) is 91.8. The van der Waals surface area contributed by atoms with Gasteiger partial charge in [0.15, 0.2) is 161 Å². The van der Waals surface area contributed by atoms with Crippen LogP contribution in [0.4, 0.5) is 176 Å². The van der Waals surface area contributed by atoms with Crippen molar-refractivity contribution in [1.82, 2.24) is 0 Å². The largest absolute Gasteiger partial charge is 0.457 e. The van der Waals surface area contributed by atoms with E-state index < -0.39 is 289 Å². The van der Waals surface area contributed by atoms with Crippen molar-refractivity contribution in [2.75, 3.05) is 0 Å². The van der Waals surface area contributed by atoms with Gasteiger partial charge in [-0.1, -0.05) is 54.6 Å². The fraction of sp³-hybridized carbons (Fsp3) is 0. The zero-order chi connectivity index (χ0) is 91.0. The predicted octanol–water partition coefficient (Wildman–Crippen LogP) is 16.4. The minimum absolute atomic E-state index is 0.144. The lowest BCUT2D eigenvalue weighted by Gasteiger charge is -2.44. The van der Waals surface area contributed by atoms with Crippen LogP contribution >= 0.6 is 0 Å². The zero-order valence-electron chi connectivity index (χ0n) is 58.2. The molecule has 0 aromatic heterocycles. The van der Waals surface area contributed by atoms with Gasteiger partial charge in [0.25, 0.3) is 0 Å². The monoisotopic (exact) mass is 1920 g/mol. The summed E-state index contributed by atoms with van der Waals surface area (Å²) in [7, 11) is -0.144. The molecule has 640 valence electrons. The Morgan fingerprint density at radius 3 is 0.472 bits per heavy atom. The molecule has 0 N–H and O–H groups in total. The molecule has 0 unspecified atom stereocenters. The summed E-state index contributed by atoms with van der Waals surface area (Å²) in [5.41, 5.74) is -28.7. The van der Waals surface area contributed by atoms with Crippen LogP contribution in [-0.2, 0) is 10.9 Å². The van der Waals surface area contributed by atoms with Crippen LogP contribution < -0.4 is 69.6 Å². The average molecular weight is 1920 g/mol. The Morgan fingerprint density at radius 1 is 0.154 bits per heavy atom. The van der Waals surface area contributed by atoms with Gasteiger partial charge in [-0.25, -0.2) is 176 Å². The minimum Gasteiger partial charge on any atom is -0.457 e. The summed E-state index contributed by atoms with van der Waals surface area (Å²) in [6, 6.07) is 49.2. The fourth-order valence-electron chi connectivity index (χ4n) is 13.2. The topological polar surface area (TPSA) is 9.23 Å². The standard InChI is InChI=1S/C30H23IOS.2C24BF20/c1-4-10-24(11-5-1)31-25-16-18-26(19-17-25)32-27-20-22-30(23-21-27)33(28-12-6-2-7-13-28)29-14-8-3-9-15-29;2*26-5-1(6(27)14(35)21(42)13(5)34)25(2-7(28)15(36)22(43)16(37)8(2)29,3-9(30)17(38)23(44)18(39)10(3)31)4-11(32)19(40)24(45)20(41)12(4)33/h1-23H;;/q+2;2*-1. The second-order valence-electron chi connectivity index (χ2n) is 25.0. The van der Waals surface area contributed by atoms with Gasteiger partial charge in [-0.2, -0.15) is 0 Å². The SMILES string of the molecule is Fc1c(F)c(F)c([B-](c2c(F)c(F)c(F)c(F)c2F)(c2c(F)c(F)c(F)c(F)c2F)c2c(F)c(F)c(F)c(F)c2F)c(F)c1F.Fc1c(F)c(F)c([B-](c2c(F)c(F)c(F)c(F)c2F)(c2c(F)c(F)c(F)c(F)c2F)c2c(F)c(F)c(F)c(F)c2F)c(F)c1F.c1ccc([I+]c2ccc(Oc3ccc([S+](c4ccccc4)c4ccccc4)cc3)cc2)cc1. The lowest BCUT2D eigenvalue weighted by atomic mass is 9.12. The lowest BCUT2D eigenvalue weighted by molar-refractivity contribution is -0.597. The third-order valence-corrected chi connectivity index (χ3v) is 23.3. The summed E-state index contributed by atoms with van der Waals surface area (Å²) in [6.45, 7) is 0. The Morgan fingerprint density at radius 2 is 0.293 bits per heavy atom. The highest BCUT2D eigenvalue weighted by atomic mass is 127. The number of halogens is 41. The third-order valence-electron chi connectivity index (χ3n) is 18.4. The van der Waals surface area contributed by atoms with Crippen molar-refractivity contribution < 1.29 is 202 Å². The molecule has 0 radical (unpaired) electrons. The molecule has 0 saturated heterocycles. The molecule has 123 heavy (non-hydrogen) atoms. The molecule has 0 bridgehead atoms. The molecule has 45 heteroatoms. The van der Waals surface area contributed by atoms with E-state index in [4.69, 9.17) is 4.74 Å². The minimum atomic E-state index is -7.22. The molecule has 13 aromatic carbocycles. The first-order chi connectivity index (χ1) is 57.8. The number of hydrogen-bond acceptors (Lipinski definition) is 1. The number of ether oxygens (including phenoxy) is 1. The molecular weight excluding hydrogens is 1890 g/mol. The molecule has 0 spiro atoms. The van der Waals surface area contributed by atoms with Gasteiger partial charge in [-0.05, 0) is 84.9 Å². The van der Waals surface area contributed by atoms with Gasteiger partial charge in [0, 0.05) is 0 Å². The van der Waals surface area contributed by atoms with Crippen LogP contribution in [0.3, 0.4) is 0 Å². The Kier molecular flexibility index (Phi) is 26.2. The van der Waals surface area contributed by atoms with E-state index in [9.17, 15) is 105 Å². The molecule has 0 amide bonds. The summed E-state index contributed by atoms with van der Waals surface area (Å²) in [4.78, 5) is 3.91. The lowest BCUT2D eigenvalue weighted by Crippen LogP contribution is -3.61. The highest BCUT2D eigenvalue weighted by Crippen LogP contribution is 2.37. The van der Waals surface area contributed by atoms with Crippen molar-refractivity contribution in [2.24, 2.45) is 0 Å². The molecule has 0 fully saturated rings. The van der Waals surface area contributed by atoms with E-state index in [0.29, 0.717) is 0 Å². The third kappa shape index (κ3) is 15.1. The first-order valence-corrected chi connectivity index (χ1v) is 36.0. The quantitative estimate of drug-likeness (QED) is 0.0248. The van der Waals surface area contributed by atoms with Gasteiger partial charge in [0.05, 0.1) is 10.9 Å². The van der Waals surface area contributed by atoms with E-state index >= 15 is 70.2 Å². The van der Waals surface area contributed by atoms with Crippen LogP contribution in [0.25, 0.3) is 0 Å². The van der Waals surface area contributed by atoms with Crippen molar-refractivity contribution in [3.05, 3.63) is 379 Å². The molecule has 1 nitrogen and oxygen atoms in total. The molecule has 0 aliphatic heterocycles. The highest BCUT2D eigenvalue weighted by molar-refractivity contribution is 7.97. The maximum Gasteiger partial charge on any atom is 0.357 e. The molecule has 0 saturated carbocycles. The molecule has 0 heterocycles. The Balaban J connectivity index is 0.000000182. The normalized spacial score (nSPS) is 11.7. The van der Waals surface area contributed by atoms with Crippen LogP contribution in [0, 0.1) is 240 Å². The molecule has 0 atom stereocenters. The maximum atomic E-state index is 15.4. The smallest absolute Gasteiger partial charge is 0.357 e. The number of rotatable bonds is 15. The van der Waals surface area contributed by atoms with Crippen LogP contribution in [0.2, 0.25) is 0 Å². The van der Waals surface area contributed by atoms with Crippen molar-refractivity contribution in [2.45, 2.75) is 14.7 Å². The van der Waals surface area contributed by atoms with Crippen molar-refractivity contribution >= 4 is 66.9 Å². The summed E-state index contributed by atoms with van der Waals surface area (Å²) in [6.07, 6.45) is -14.4. The Bertz CT molecular complexity index is 5330. The summed E-state index contributed by atoms with van der Waals surface area (Å²) >= 11 is -0.156. The van der Waals surface area contributed by atoms with Crippen molar-refractivity contribution in [3.63, 3.8) is 0 Å². The summed E-state index contributed by atoms with van der Waals surface area (Å²) in [5, 5.41) is 0. The predicted molar refractivity (Wildman–Crippen MR) is 350 cm³/mol. The highest BCUT2D eigenvalue weighted by Gasteiger charge is 2.55. The van der Waals surface area contributed by atoms with Gasteiger partial charge < -0.3 is 4.74 Å². The van der Waals surface area contributed by atoms with Crippen LogP contribution in [0.15, 0.2) is 154 Å². The van der Waals surface area contributed by atoms with Crippen LogP contribution in [-0.4, -0.2) is 12.3 Å². The van der Waals surface area contributed by atoms with Crippen LogP contribution in [0.5, 0.6) is 11.5 Å². The van der Waals surface area contributed by atoms with E-state index in [2.05, 4.69) is 140 Å². The van der Waals surface area contributed by atoms with E-state index in [1.807, 2.05) is 0 Å². The maximum absolute atomic E-state index is 15.4. The Hall–Kier alpha value is -11.9. The zero-order valence-corrected chi connectivity index (χ0v) is 61.2. The fourth-order valence-corrected chi connectivity index (χ4v) is 17.5. The summed E-state index contributed by atoms with van der Waals surface area (Å²) in [5.74, 6) is -141. The molecule has 13 aromatic rings. The summed E-state index contributed by atoms with van der Waals surface area (Å²) < 4.78 is 597. The molecule has 0 aliphatic carbocycles. The molecule has 0 aliphatic rings. The van der Waals surface area contributed by atoms with Gasteiger partial charge in [-0.3, -0.25) is 0 Å². The van der Waals surface area contributed by atoms with Crippen molar-refractivity contribution in [3.8, 4) is 11.5 Å². The molecular formula is C78H23B2F40IOS. The number of hydrogen-bond donors (Lipinski definition) is 0.